The number of ether oxygens (including phenoxy) is 1. The molecule has 1 saturated heterocycles. The van der Waals surface area contributed by atoms with E-state index in [1.54, 1.807) is 28.4 Å². The highest BCUT2D eigenvalue weighted by Gasteiger charge is 2.30. The number of aromatic nitrogens is 1. The maximum absolute atomic E-state index is 12.7. The minimum Gasteiger partial charge on any atom is -0.410 e. The molecule has 1 amide bonds. The smallest absolute Gasteiger partial charge is 0.410 e. The van der Waals surface area contributed by atoms with Crippen LogP contribution in [0.25, 0.3) is 0 Å². The van der Waals surface area contributed by atoms with Crippen LogP contribution >= 0.6 is 11.3 Å². The highest BCUT2D eigenvalue weighted by Crippen LogP contribution is 2.29. The summed E-state index contributed by atoms with van der Waals surface area (Å²) in [5.41, 5.74) is 1.04. The van der Waals surface area contributed by atoms with Crippen LogP contribution in [-0.4, -0.2) is 53.6 Å². The molecule has 2 heterocycles. The van der Waals surface area contributed by atoms with Crippen molar-refractivity contribution in [1.29, 1.82) is 0 Å². The summed E-state index contributed by atoms with van der Waals surface area (Å²) in [4.78, 5) is 20.8. The van der Waals surface area contributed by atoms with Crippen LogP contribution in [0.2, 0.25) is 0 Å². The van der Waals surface area contributed by atoms with Crippen LogP contribution in [0.15, 0.2) is 60.1 Å². The molecule has 0 N–H and O–H groups in total. The number of carbonyl (C=O) groups is 1. The summed E-state index contributed by atoms with van der Waals surface area (Å²) in [5, 5.41) is 3.10. The maximum atomic E-state index is 12.7. The van der Waals surface area contributed by atoms with E-state index in [1.807, 2.05) is 23.7 Å². The molecule has 5 nitrogen and oxygen atoms in total. The average Bonchev–Trinajstić information content (AvgIpc) is 3.33. The van der Waals surface area contributed by atoms with Gasteiger partial charge in [0, 0.05) is 50.7 Å². The quantitative estimate of drug-likeness (QED) is 0.497. The van der Waals surface area contributed by atoms with Crippen LogP contribution < -0.4 is 4.74 Å². The Balaban J connectivity index is 1.23. The van der Waals surface area contributed by atoms with Crippen LogP contribution in [0, 0.1) is 0 Å². The van der Waals surface area contributed by atoms with Gasteiger partial charge in [-0.05, 0) is 41.8 Å². The zero-order valence-corrected chi connectivity index (χ0v) is 18.7. The Bertz CT molecular complexity index is 1030. The second kappa shape index (κ2) is 10.4. The Morgan fingerprint density at radius 3 is 2.18 bits per heavy atom. The Hall–Kier alpha value is -2.91. The number of carbonyl (C=O) groups excluding carboxylic acids is 1. The Morgan fingerprint density at radius 1 is 0.970 bits per heavy atom. The number of hydrogen-bond donors (Lipinski definition) is 0. The molecule has 0 atom stereocenters. The second-order valence-corrected chi connectivity index (χ2v) is 8.87. The van der Waals surface area contributed by atoms with E-state index in [2.05, 4.69) is 9.88 Å². The topological polar surface area (TPSA) is 45.7 Å². The Morgan fingerprint density at radius 2 is 1.61 bits per heavy atom. The van der Waals surface area contributed by atoms with Gasteiger partial charge < -0.3 is 9.64 Å². The van der Waals surface area contributed by atoms with Crippen LogP contribution in [0.1, 0.15) is 21.7 Å². The first-order valence-electron chi connectivity index (χ1n) is 10.7. The van der Waals surface area contributed by atoms with E-state index < -0.39 is 11.7 Å². The van der Waals surface area contributed by atoms with Crippen molar-refractivity contribution in [2.45, 2.75) is 19.0 Å². The number of rotatable bonds is 6. The highest BCUT2D eigenvalue weighted by molar-refractivity contribution is 7.09. The molecule has 4 rings (SSSR count). The molecule has 174 valence electrons. The average molecular weight is 476 g/mol. The number of benzene rings is 2. The summed E-state index contributed by atoms with van der Waals surface area (Å²) >= 11 is 1.66. The summed E-state index contributed by atoms with van der Waals surface area (Å²) in [7, 11) is 0. The molecule has 1 aliphatic rings. The normalized spacial score (nSPS) is 14.9. The molecular formula is C24H24F3N3O2S. The predicted octanol–water partition coefficient (Wildman–Crippen LogP) is 5.11. The van der Waals surface area contributed by atoms with Crippen molar-refractivity contribution < 1.29 is 22.7 Å². The van der Waals surface area contributed by atoms with Crippen molar-refractivity contribution in [3.8, 4) is 5.75 Å². The molecule has 0 radical (unpaired) electrons. The summed E-state index contributed by atoms with van der Waals surface area (Å²) in [5.74, 6) is 0.447. The summed E-state index contributed by atoms with van der Waals surface area (Å²) in [6.45, 7) is 3.75. The van der Waals surface area contributed by atoms with E-state index in [0.717, 1.165) is 54.3 Å². The first-order chi connectivity index (χ1) is 15.9. The molecule has 0 aliphatic carbocycles. The Kier molecular flexibility index (Phi) is 7.29. The molecule has 1 aromatic heterocycles. The van der Waals surface area contributed by atoms with Gasteiger partial charge in [-0.2, -0.15) is 13.2 Å². The van der Waals surface area contributed by atoms with Gasteiger partial charge in [-0.1, -0.05) is 24.3 Å². The predicted molar refractivity (Wildman–Crippen MR) is 121 cm³/mol. The van der Waals surface area contributed by atoms with Gasteiger partial charge in [-0.25, -0.2) is 9.78 Å². The van der Waals surface area contributed by atoms with E-state index in [1.165, 1.54) is 12.1 Å². The molecule has 3 aromatic rings. The minimum atomic E-state index is -4.33. The third kappa shape index (κ3) is 6.55. The highest BCUT2D eigenvalue weighted by atomic mass is 32.1. The van der Waals surface area contributed by atoms with Crippen LogP contribution in [0.5, 0.6) is 5.75 Å². The summed E-state index contributed by atoms with van der Waals surface area (Å²) < 4.78 is 43.6. The van der Waals surface area contributed by atoms with Gasteiger partial charge in [0.05, 0.1) is 10.6 Å². The number of nitrogens with zero attached hydrogens (tertiary/aromatic N) is 3. The second-order valence-electron chi connectivity index (χ2n) is 7.89. The van der Waals surface area contributed by atoms with Crippen LogP contribution in [0.4, 0.5) is 18.0 Å². The van der Waals surface area contributed by atoms with Gasteiger partial charge in [0.1, 0.15) is 5.75 Å². The van der Waals surface area contributed by atoms with Gasteiger partial charge >= 0.3 is 12.3 Å². The van der Waals surface area contributed by atoms with E-state index in [0.29, 0.717) is 25.3 Å². The first-order valence-corrected chi connectivity index (χ1v) is 11.6. The zero-order valence-electron chi connectivity index (χ0n) is 17.9. The molecular weight excluding hydrogens is 451 g/mol. The number of alkyl halides is 3. The molecule has 1 fully saturated rings. The molecule has 9 heteroatoms. The molecule has 0 unspecified atom stereocenters. The van der Waals surface area contributed by atoms with E-state index in [9.17, 15) is 18.0 Å². The number of piperazine rings is 1. The largest absolute Gasteiger partial charge is 0.416 e. The third-order valence-corrected chi connectivity index (χ3v) is 6.41. The lowest BCUT2D eigenvalue weighted by molar-refractivity contribution is -0.137. The van der Waals surface area contributed by atoms with Gasteiger partial charge in [0.15, 0.2) is 0 Å². The number of hydrogen-bond acceptors (Lipinski definition) is 5. The summed E-state index contributed by atoms with van der Waals surface area (Å²) in [6, 6.07) is 12.2. The van der Waals surface area contributed by atoms with Gasteiger partial charge in [0.25, 0.3) is 0 Å². The van der Waals surface area contributed by atoms with E-state index >= 15 is 0 Å². The standard InChI is InChI=1S/C24H24F3N3O2S/c25-24(26,27)20-5-1-18(2-6-20)17-19-3-7-21(8-4-19)32-23(31)30-14-12-29(13-15-30)11-9-22-28-10-16-33-22/h1-8,10,16H,9,11-15,17H2. The van der Waals surface area contributed by atoms with Crippen molar-refractivity contribution >= 4 is 17.4 Å². The molecule has 0 bridgehead atoms. The van der Waals surface area contributed by atoms with Gasteiger partial charge in [-0.3, -0.25) is 4.90 Å². The fraction of sp³-hybridized carbons (Fsp3) is 0.333. The van der Waals surface area contributed by atoms with Crippen molar-refractivity contribution in [2.24, 2.45) is 0 Å². The fourth-order valence-corrected chi connectivity index (χ4v) is 4.28. The maximum Gasteiger partial charge on any atom is 0.416 e. The first kappa shape index (κ1) is 23.3. The van der Waals surface area contributed by atoms with Crippen molar-refractivity contribution in [1.82, 2.24) is 14.8 Å². The number of halogens is 3. The molecule has 0 spiro atoms. The van der Waals surface area contributed by atoms with Gasteiger partial charge in [0.2, 0.25) is 0 Å². The van der Waals surface area contributed by atoms with Crippen LogP contribution in [-0.2, 0) is 19.0 Å². The lowest BCUT2D eigenvalue weighted by Crippen LogP contribution is -2.49. The van der Waals surface area contributed by atoms with Gasteiger partial charge in [-0.15, -0.1) is 11.3 Å². The van der Waals surface area contributed by atoms with Crippen molar-refractivity contribution in [2.75, 3.05) is 32.7 Å². The SMILES string of the molecule is O=C(Oc1ccc(Cc2ccc(C(F)(F)F)cc2)cc1)N1CCN(CCc2nccs2)CC1. The Labute approximate surface area is 194 Å². The molecule has 1 aliphatic heterocycles. The molecule has 33 heavy (non-hydrogen) atoms. The van der Waals surface area contributed by atoms with E-state index in [4.69, 9.17) is 4.74 Å². The van der Waals surface area contributed by atoms with Crippen molar-refractivity contribution in [3.05, 3.63) is 81.8 Å². The lowest BCUT2D eigenvalue weighted by Gasteiger charge is -2.33. The molecule has 2 aromatic carbocycles. The minimum absolute atomic E-state index is 0.370. The van der Waals surface area contributed by atoms with Crippen LogP contribution in [0.3, 0.4) is 0 Å². The van der Waals surface area contributed by atoms with Crippen molar-refractivity contribution in [3.63, 3.8) is 0 Å². The fourth-order valence-electron chi connectivity index (χ4n) is 3.67. The zero-order chi connectivity index (χ0) is 23.3. The molecule has 0 saturated carbocycles. The lowest BCUT2D eigenvalue weighted by atomic mass is 10.0. The monoisotopic (exact) mass is 475 g/mol. The summed E-state index contributed by atoms with van der Waals surface area (Å²) in [6.07, 6.45) is -1.48. The third-order valence-electron chi connectivity index (χ3n) is 5.57. The number of thiazole rings is 1. The number of amides is 1. The van der Waals surface area contributed by atoms with E-state index in [-0.39, 0.29) is 6.09 Å².